The van der Waals surface area contributed by atoms with Gasteiger partial charge in [0.25, 0.3) is 5.56 Å². The van der Waals surface area contributed by atoms with Gasteiger partial charge in [-0.2, -0.15) is 0 Å². The number of hydrogen-bond donors (Lipinski definition) is 4. The number of aromatic nitrogens is 1. The zero-order valence-corrected chi connectivity index (χ0v) is 17.0. The first-order valence-electron chi connectivity index (χ1n) is 9.13. The minimum absolute atomic E-state index is 0.00777. The fourth-order valence-corrected chi connectivity index (χ4v) is 3.09. The summed E-state index contributed by atoms with van der Waals surface area (Å²) in [5.41, 5.74) is 4.06. The molecule has 0 bridgehead atoms. The molecular weight excluding hydrogens is 420 g/mol. The van der Waals surface area contributed by atoms with Gasteiger partial charge in [-0.3, -0.25) is 4.79 Å². The van der Waals surface area contributed by atoms with Crippen LogP contribution in [0.2, 0.25) is 0 Å². The summed E-state index contributed by atoms with van der Waals surface area (Å²) >= 11 is 0. The molecule has 0 radical (unpaired) electrons. The van der Waals surface area contributed by atoms with Crippen molar-refractivity contribution in [1.82, 2.24) is 4.98 Å². The van der Waals surface area contributed by atoms with E-state index in [1.807, 2.05) is 11.9 Å². The highest BCUT2D eigenvalue weighted by atomic mass is 16.6. The molecule has 0 aliphatic heterocycles. The van der Waals surface area contributed by atoms with Crippen LogP contribution in [0.15, 0.2) is 47.3 Å². The molecule has 10 heteroatoms. The Morgan fingerprint density at radius 1 is 0.938 bits per heavy atom. The molecule has 2 aromatic carbocycles. The standard InChI is InChI=1S/C22H18N2O8/c1-10-3-5-11(6-4-10)22(30)32-13-8-7-12(9-14(13)31-2)15-16(20(26)27)18(23)24-19(25)17(15)21(28)29/h3-9H,1-2H3,(H,26,27)(H,28,29)(H3,23,24,25). The van der Waals surface area contributed by atoms with Crippen molar-refractivity contribution in [3.05, 3.63) is 75.1 Å². The average molecular weight is 438 g/mol. The molecule has 0 saturated carbocycles. The third-order valence-electron chi connectivity index (χ3n) is 4.61. The summed E-state index contributed by atoms with van der Waals surface area (Å²) in [5.74, 6) is -4.32. The van der Waals surface area contributed by atoms with Gasteiger partial charge in [-0.25, -0.2) is 14.4 Å². The van der Waals surface area contributed by atoms with Crippen LogP contribution in [0.1, 0.15) is 36.6 Å². The molecule has 0 amide bonds. The zero-order chi connectivity index (χ0) is 23.6. The highest BCUT2D eigenvalue weighted by molar-refractivity contribution is 6.07. The number of aromatic amines is 1. The molecule has 3 rings (SSSR count). The molecule has 0 unspecified atom stereocenters. The minimum Gasteiger partial charge on any atom is -0.493 e. The molecular formula is C22H18N2O8. The number of aryl methyl sites for hydroxylation is 1. The number of benzene rings is 2. The lowest BCUT2D eigenvalue weighted by molar-refractivity contribution is 0.0693. The predicted octanol–water partition coefficient (Wildman–Crippen LogP) is 2.56. The Balaban J connectivity index is 2.13. The molecule has 0 fully saturated rings. The summed E-state index contributed by atoms with van der Waals surface area (Å²) in [6.45, 7) is 1.87. The van der Waals surface area contributed by atoms with E-state index in [1.54, 1.807) is 24.3 Å². The number of nitrogens with one attached hydrogen (secondary N) is 1. The number of methoxy groups -OCH3 is 1. The van der Waals surface area contributed by atoms with E-state index in [2.05, 4.69) is 0 Å². The minimum atomic E-state index is -1.64. The van der Waals surface area contributed by atoms with Crippen molar-refractivity contribution in [3.8, 4) is 22.6 Å². The second-order valence-electron chi connectivity index (χ2n) is 6.72. The number of nitrogens with two attached hydrogens (primary N) is 1. The van der Waals surface area contributed by atoms with E-state index in [-0.39, 0.29) is 17.1 Å². The molecule has 0 aliphatic carbocycles. The zero-order valence-electron chi connectivity index (χ0n) is 17.0. The number of esters is 1. The Morgan fingerprint density at radius 2 is 1.56 bits per heavy atom. The maximum Gasteiger partial charge on any atom is 0.343 e. The van der Waals surface area contributed by atoms with Crippen molar-refractivity contribution >= 4 is 23.7 Å². The molecule has 164 valence electrons. The van der Waals surface area contributed by atoms with Crippen LogP contribution in [0.5, 0.6) is 11.5 Å². The number of anilines is 1. The monoisotopic (exact) mass is 438 g/mol. The maximum atomic E-state index is 12.4. The normalized spacial score (nSPS) is 10.4. The van der Waals surface area contributed by atoms with Gasteiger partial charge in [0.1, 0.15) is 16.9 Å². The fraction of sp³-hybridized carbons (Fsp3) is 0.0909. The van der Waals surface area contributed by atoms with Crippen LogP contribution in [0.3, 0.4) is 0 Å². The van der Waals surface area contributed by atoms with Crippen molar-refractivity contribution in [2.24, 2.45) is 0 Å². The molecule has 10 nitrogen and oxygen atoms in total. The topological polar surface area (TPSA) is 169 Å². The third kappa shape index (κ3) is 4.15. The molecule has 3 aromatic rings. The number of ether oxygens (including phenoxy) is 2. The Kier molecular flexibility index (Phi) is 5.97. The first kappa shape index (κ1) is 22.1. The maximum absolute atomic E-state index is 12.4. The van der Waals surface area contributed by atoms with Crippen molar-refractivity contribution < 1.29 is 34.1 Å². The van der Waals surface area contributed by atoms with E-state index in [0.29, 0.717) is 5.56 Å². The molecule has 0 spiro atoms. The van der Waals surface area contributed by atoms with Gasteiger partial charge in [-0.15, -0.1) is 0 Å². The van der Waals surface area contributed by atoms with Crippen LogP contribution in [0.25, 0.3) is 11.1 Å². The largest absolute Gasteiger partial charge is 0.493 e. The summed E-state index contributed by atoms with van der Waals surface area (Å²) in [5, 5.41) is 19.1. The van der Waals surface area contributed by atoms with E-state index in [0.717, 1.165) is 5.56 Å². The van der Waals surface area contributed by atoms with Gasteiger partial charge < -0.3 is 30.4 Å². The molecule has 1 aromatic heterocycles. The Morgan fingerprint density at radius 3 is 2.12 bits per heavy atom. The molecule has 0 aliphatic rings. The van der Waals surface area contributed by atoms with Gasteiger partial charge >= 0.3 is 17.9 Å². The second-order valence-corrected chi connectivity index (χ2v) is 6.72. The number of carbonyl (C=O) groups is 3. The number of hydrogen-bond acceptors (Lipinski definition) is 7. The molecule has 0 saturated heterocycles. The number of carboxylic acid groups (broad SMARTS) is 2. The summed E-state index contributed by atoms with van der Waals surface area (Å²) in [7, 11) is 1.28. The number of H-pyrrole nitrogens is 1. The van der Waals surface area contributed by atoms with Gasteiger partial charge in [0.2, 0.25) is 0 Å². The van der Waals surface area contributed by atoms with Gasteiger partial charge in [0.05, 0.1) is 12.7 Å². The molecule has 5 N–H and O–H groups in total. The van der Waals surface area contributed by atoms with Crippen LogP contribution < -0.4 is 20.8 Å². The van der Waals surface area contributed by atoms with E-state index in [9.17, 15) is 29.4 Å². The first-order valence-corrected chi connectivity index (χ1v) is 9.13. The van der Waals surface area contributed by atoms with Crippen LogP contribution in [0.4, 0.5) is 5.82 Å². The number of nitrogen functional groups attached to an aromatic ring is 1. The lowest BCUT2D eigenvalue weighted by atomic mass is 9.95. The van der Waals surface area contributed by atoms with E-state index >= 15 is 0 Å². The lowest BCUT2D eigenvalue weighted by Crippen LogP contribution is -2.24. The van der Waals surface area contributed by atoms with Crippen LogP contribution in [-0.2, 0) is 0 Å². The van der Waals surface area contributed by atoms with Crippen molar-refractivity contribution in [1.29, 1.82) is 0 Å². The van der Waals surface area contributed by atoms with Gasteiger partial charge in [-0.05, 0) is 36.8 Å². The van der Waals surface area contributed by atoms with E-state index in [4.69, 9.17) is 15.2 Å². The van der Waals surface area contributed by atoms with Crippen molar-refractivity contribution in [2.45, 2.75) is 6.92 Å². The fourth-order valence-electron chi connectivity index (χ4n) is 3.09. The average Bonchev–Trinajstić information content (AvgIpc) is 2.73. The van der Waals surface area contributed by atoms with Gasteiger partial charge in [0.15, 0.2) is 11.5 Å². The predicted molar refractivity (Wildman–Crippen MR) is 114 cm³/mol. The summed E-state index contributed by atoms with van der Waals surface area (Å²) in [4.78, 5) is 50.1. The van der Waals surface area contributed by atoms with Gasteiger partial charge in [-0.1, -0.05) is 23.8 Å². The summed E-state index contributed by atoms with van der Waals surface area (Å²) in [6.07, 6.45) is 0. The third-order valence-corrected chi connectivity index (χ3v) is 4.61. The van der Waals surface area contributed by atoms with E-state index in [1.165, 1.54) is 25.3 Å². The second kappa shape index (κ2) is 8.64. The Labute approximate surface area is 180 Å². The smallest absolute Gasteiger partial charge is 0.343 e. The number of carboxylic acids is 2. The molecule has 0 atom stereocenters. The SMILES string of the molecule is COc1cc(-c2c(C(=O)O)c(N)[nH]c(=O)c2C(=O)O)ccc1OC(=O)c1ccc(C)cc1. The first-order chi connectivity index (χ1) is 15.1. The number of pyridine rings is 1. The van der Waals surface area contributed by atoms with Gasteiger partial charge in [0, 0.05) is 5.56 Å². The lowest BCUT2D eigenvalue weighted by Gasteiger charge is -2.15. The van der Waals surface area contributed by atoms with E-state index < -0.39 is 46.0 Å². The highest BCUT2D eigenvalue weighted by Crippen LogP contribution is 2.36. The number of carbonyl (C=O) groups excluding carboxylic acids is 1. The quantitative estimate of drug-likeness (QED) is 0.334. The van der Waals surface area contributed by atoms with Crippen LogP contribution >= 0.6 is 0 Å². The molecule has 1 heterocycles. The highest BCUT2D eigenvalue weighted by Gasteiger charge is 2.27. The number of rotatable bonds is 6. The Hall–Kier alpha value is -4.60. The summed E-state index contributed by atoms with van der Waals surface area (Å²) < 4.78 is 10.6. The Bertz CT molecular complexity index is 1290. The summed E-state index contributed by atoms with van der Waals surface area (Å²) in [6, 6.07) is 10.5. The molecule has 32 heavy (non-hydrogen) atoms. The van der Waals surface area contributed by atoms with Crippen LogP contribution in [0, 0.1) is 6.92 Å². The number of aromatic carboxylic acids is 2. The van der Waals surface area contributed by atoms with Crippen molar-refractivity contribution in [3.63, 3.8) is 0 Å². The van der Waals surface area contributed by atoms with Crippen molar-refractivity contribution in [2.75, 3.05) is 12.8 Å². The van der Waals surface area contributed by atoms with Crippen LogP contribution in [-0.4, -0.2) is 40.2 Å².